The monoisotopic (exact) mass is 298 g/mol. The van der Waals surface area contributed by atoms with Gasteiger partial charge in [0.05, 0.1) is 18.6 Å². The Morgan fingerprint density at radius 2 is 1.60 bits per heavy atom. The zero-order valence-corrected chi connectivity index (χ0v) is 13.9. The topological polar surface area (TPSA) is 18.5 Å². The largest absolute Gasteiger partial charge is 0.490 e. The second kappa shape index (κ2) is 9.12. The number of ether oxygens (including phenoxy) is 2. The molecule has 0 fully saturated rings. The molecule has 0 aliphatic heterocycles. The van der Waals surface area contributed by atoms with Gasteiger partial charge in [-0.25, -0.2) is 0 Å². The second-order valence-corrected chi connectivity index (χ2v) is 6.03. The van der Waals surface area contributed by atoms with Crippen LogP contribution < -0.4 is 9.47 Å². The van der Waals surface area contributed by atoms with Gasteiger partial charge in [-0.15, -0.1) is 11.6 Å². The maximum atomic E-state index is 6.47. The molecule has 1 unspecified atom stereocenters. The Hall–Kier alpha value is -0.890. The molecule has 1 aromatic rings. The molecule has 1 aromatic carbocycles. The molecule has 2 nitrogen and oxygen atoms in total. The summed E-state index contributed by atoms with van der Waals surface area (Å²) in [6.07, 6.45) is 2.93. The molecule has 0 bridgehead atoms. The van der Waals surface area contributed by atoms with Crippen molar-refractivity contribution in [2.45, 2.75) is 52.3 Å². The van der Waals surface area contributed by atoms with E-state index in [2.05, 4.69) is 27.7 Å². The zero-order chi connectivity index (χ0) is 15.0. The van der Waals surface area contributed by atoms with E-state index >= 15 is 0 Å². The van der Waals surface area contributed by atoms with Crippen LogP contribution in [0, 0.1) is 5.92 Å². The highest BCUT2D eigenvalue weighted by Crippen LogP contribution is 2.35. The Morgan fingerprint density at radius 1 is 1.00 bits per heavy atom. The quantitative estimate of drug-likeness (QED) is 0.553. The third-order valence-corrected chi connectivity index (χ3v) is 3.36. The van der Waals surface area contributed by atoms with Crippen LogP contribution in [-0.4, -0.2) is 13.2 Å². The van der Waals surface area contributed by atoms with Crippen molar-refractivity contribution >= 4 is 11.6 Å². The van der Waals surface area contributed by atoms with Crippen molar-refractivity contribution in [3.8, 4) is 11.5 Å². The van der Waals surface area contributed by atoms with Gasteiger partial charge in [-0.3, -0.25) is 0 Å². The number of hydrogen-bond acceptors (Lipinski definition) is 2. The first-order chi connectivity index (χ1) is 9.58. The van der Waals surface area contributed by atoms with Crippen LogP contribution in [-0.2, 0) is 0 Å². The molecule has 0 radical (unpaired) electrons. The van der Waals surface area contributed by atoms with Gasteiger partial charge < -0.3 is 9.47 Å². The number of rotatable bonds is 9. The molecule has 0 aliphatic carbocycles. The second-order valence-electron chi connectivity index (χ2n) is 5.50. The smallest absolute Gasteiger partial charge is 0.161 e. The number of halogens is 1. The molecule has 1 rings (SSSR count). The van der Waals surface area contributed by atoms with Gasteiger partial charge in [-0.05, 0) is 42.9 Å². The van der Waals surface area contributed by atoms with Crippen molar-refractivity contribution in [3.63, 3.8) is 0 Å². The van der Waals surface area contributed by atoms with Gasteiger partial charge in [0.2, 0.25) is 0 Å². The molecule has 0 amide bonds. The highest BCUT2D eigenvalue weighted by Gasteiger charge is 2.14. The summed E-state index contributed by atoms with van der Waals surface area (Å²) >= 11 is 6.47. The summed E-state index contributed by atoms with van der Waals surface area (Å²) in [6.45, 7) is 9.96. The maximum Gasteiger partial charge on any atom is 0.161 e. The lowest BCUT2D eigenvalue weighted by molar-refractivity contribution is 0.268. The van der Waals surface area contributed by atoms with Crippen molar-refractivity contribution < 1.29 is 9.47 Å². The fourth-order valence-electron chi connectivity index (χ4n) is 1.93. The molecule has 0 saturated heterocycles. The minimum absolute atomic E-state index is 0.0270. The summed E-state index contributed by atoms with van der Waals surface area (Å²) in [4.78, 5) is 0. The van der Waals surface area contributed by atoms with E-state index in [-0.39, 0.29) is 5.38 Å². The molecule has 0 aliphatic rings. The first kappa shape index (κ1) is 17.2. The summed E-state index contributed by atoms with van der Waals surface area (Å²) in [5, 5.41) is 0.0270. The lowest BCUT2D eigenvalue weighted by Gasteiger charge is -2.17. The summed E-state index contributed by atoms with van der Waals surface area (Å²) in [6, 6.07) is 6.05. The molecule has 0 N–H and O–H groups in total. The van der Waals surface area contributed by atoms with Gasteiger partial charge >= 0.3 is 0 Å². The van der Waals surface area contributed by atoms with E-state index in [1.54, 1.807) is 0 Å². The van der Waals surface area contributed by atoms with Crippen molar-refractivity contribution in [1.82, 2.24) is 0 Å². The van der Waals surface area contributed by atoms with E-state index in [0.717, 1.165) is 36.3 Å². The molecule has 20 heavy (non-hydrogen) atoms. The van der Waals surface area contributed by atoms with Crippen molar-refractivity contribution in [1.29, 1.82) is 0 Å². The van der Waals surface area contributed by atoms with Crippen LogP contribution in [0.15, 0.2) is 18.2 Å². The Bertz CT molecular complexity index is 391. The Kier molecular flexibility index (Phi) is 7.83. The van der Waals surface area contributed by atoms with Crippen LogP contribution >= 0.6 is 11.6 Å². The SMILES string of the molecule is CCCOc1ccc(C(Cl)CC(C)C)cc1OCCC. The number of hydrogen-bond donors (Lipinski definition) is 0. The zero-order valence-electron chi connectivity index (χ0n) is 13.1. The predicted molar refractivity (Wildman–Crippen MR) is 86.1 cm³/mol. The van der Waals surface area contributed by atoms with E-state index in [1.807, 2.05) is 18.2 Å². The number of alkyl halides is 1. The Morgan fingerprint density at radius 3 is 2.15 bits per heavy atom. The molecular formula is C17H27ClO2. The highest BCUT2D eigenvalue weighted by molar-refractivity contribution is 6.20. The van der Waals surface area contributed by atoms with E-state index in [9.17, 15) is 0 Å². The standard InChI is InChI=1S/C17H27ClO2/c1-5-9-19-16-8-7-14(15(18)11-13(3)4)12-17(16)20-10-6-2/h7-8,12-13,15H,5-6,9-11H2,1-4H3. The Balaban J connectivity index is 2.87. The van der Waals surface area contributed by atoms with Gasteiger partial charge in [0, 0.05) is 0 Å². The molecule has 0 saturated carbocycles. The van der Waals surface area contributed by atoms with Crippen molar-refractivity contribution in [2.24, 2.45) is 5.92 Å². The van der Waals surface area contributed by atoms with E-state index in [1.165, 1.54) is 0 Å². The normalized spacial score (nSPS) is 12.5. The van der Waals surface area contributed by atoms with Gasteiger partial charge in [-0.2, -0.15) is 0 Å². The van der Waals surface area contributed by atoms with Crippen LogP contribution in [0.1, 0.15) is 57.9 Å². The molecule has 0 spiro atoms. The van der Waals surface area contributed by atoms with Crippen molar-refractivity contribution in [3.05, 3.63) is 23.8 Å². The fourth-order valence-corrected chi connectivity index (χ4v) is 2.42. The molecular weight excluding hydrogens is 272 g/mol. The van der Waals surface area contributed by atoms with Crippen LogP contribution in [0.4, 0.5) is 0 Å². The minimum Gasteiger partial charge on any atom is -0.490 e. The summed E-state index contributed by atoms with van der Waals surface area (Å²) in [5.41, 5.74) is 1.11. The van der Waals surface area contributed by atoms with Crippen LogP contribution in [0.3, 0.4) is 0 Å². The fraction of sp³-hybridized carbons (Fsp3) is 0.647. The van der Waals surface area contributed by atoms with Gasteiger partial charge in [0.1, 0.15) is 0 Å². The lowest BCUT2D eigenvalue weighted by atomic mass is 10.0. The molecule has 3 heteroatoms. The van der Waals surface area contributed by atoms with Crippen molar-refractivity contribution in [2.75, 3.05) is 13.2 Å². The predicted octanol–water partition coefficient (Wildman–Crippen LogP) is 5.59. The molecule has 0 aromatic heterocycles. The first-order valence-electron chi connectivity index (χ1n) is 7.62. The minimum atomic E-state index is 0.0270. The number of benzene rings is 1. The molecule has 114 valence electrons. The van der Waals surface area contributed by atoms with E-state index < -0.39 is 0 Å². The van der Waals surface area contributed by atoms with Crippen LogP contribution in [0.5, 0.6) is 11.5 Å². The van der Waals surface area contributed by atoms with Gasteiger partial charge in [0.15, 0.2) is 11.5 Å². The first-order valence-corrected chi connectivity index (χ1v) is 8.05. The Labute approximate surface area is 128 Å². The summed E-state index contributed by atoms with van der Waals surface area (Å²) in [7, 11) is 0. The highest BCUT2D eigenvalue weighted by atomic mass is 35.5. The third-order valence-electron chi connectivity index (χ3n) is 2.93. The summed E-state index contributed by atoms with van der Waals surface area (Å²) in [5.74, 6) is 2.21. The van der Waals surface area contributed by atoms with E-state index in [0.29, 0.717) is 19.1 Å². The van der Waals surface area contributed by atoms with Crippen LogP contribution in [0.25, 0.3) is 0 Å². The summed E-state index contributed by atoms with van der Waals surface area (Å²) < 4.78 is 11.5. The molecule has 0 heterocycles. The van der Waals surface area contributed by atoms with Gasteiger partial charge in [-0.1, -0.05) is 33.8 Å². The third kappa shape index (κ3) is 5.62. The van der Waals surface area contributed by atoms with Gasteiger partial charge in [0.25, 0.3) is 0 Å². The molecule has 1 atom stereocenters. The lowest BCUT2D eigenvalue weighted by Crippen LogP contribution is -2.03. The average molecular weight is 299 g/mol. The van der Waals surface area contributed by atoms with E-state index in [4.69, 9.17) is 21.1 Å². The maximum absolute atomic E-state index is 6.47. The van der Waals surface area contributed by atoms with Crippen LogP contribution in [0.2, 0.25) is 0 Å². The average Bonchev–Trinajstić information content (AvgIpc) is 2.42.